The maximum absolute atomic E-state index is 12.2. The third-order valence-electron chi connectivity index (χ3n) is 3.42. The first kappa shape index (κ1) is 12.2. The van der Waals surface area contributed by atoms with Crippen LogP contribution in [-0.2, 0) is 9.53 Å². The molecular weight excluding hydrogens is 224 g/mol. The van der Waals surface area contributed by atoms with Crippen molar-refractivity contribution in [3.63, 3.8) is 0 Å². The Morgan fingerprint density at radius 1 is 1.35 bits per heavy atom. The number of aliphatic carboxylic acids is 1. The molecule has 6 nitrogen and oxygen atoms in total. The fraction of sp³-hybridized carbons (Fsp3) is 0.818. The van der Waals surface area contributed by atoms with Crippen LogP contribution in [-0.4, -0.2) is 65.8 Å². The SMILES string of the molecule is CC1COCCN1C(=O)N1CCC(C(=O)O)C1. The lowest BCUT2D eigenvalue weighted by Gasteiger charge is -2.36. The van der Waals surface area contributed by atoms with E-state index in [0.717, 1.165) is 0 Å². The summed E-state index contributed by atoms with van der Waals surface area (Å²) in [5, 5.41) is 8.90. The molecule has 0 bridgehead atoms. The second-order valence-electron chi connectivity index (χ2n) is 4.67. The third-order valence-corrected chi connectivity index (χ3v) is 3.42. The number of nitrogens with zero attached hydrogens (tertiary/aromatic N) is 2. The summed E-state index contributed by atoms with van der Waals surface area (Å²) < 4.78 is 5.28. The molecule has 2 unspecified atom stereocenters. The van der Waals surface area contributed by atoms with E-state index in [-0.39, 0.29) is 12.1 Å². The Kier molecular flexibility index (Phi) is 3.51. The van der Waals surface area contributed by atoms with Gasteiger partial charge in [-0.2, -0.15) is 0 Å². The van der Waals surface area contributed by atoms with Crippen molar-refractivity contribution in [3.05, 3.63) is 0 Å². The van der Waals surface area contributed by atoms with Gasteiger partial charge in [0.25, 0.3) is 0 Å². The van der Waals surface area contributed by atoms with Crippen LogP contribution in [0.15, 0.2) is 0 Å². The fourth-order valence-electron chi connectivity index (χ4n) is 2.33. The quantitative estimate of drug-likeness (QED) is 0.714. The van der Waals surface area contributed by atoms with Crippen LogP contribution in [0.1, 0.15) is 13.3 Å². The van der Waals surface area contributed by atoms with E-state index >= 15 is 0 Å². The highest BCUT2D eigenvalue weighted by atomic mass is 16.5. The van der Waals surface area contributed by atoms with Crippen molar-refractivity contribution in [2.24, 2.45) is 5.92 Å². The number of carboxylic acids is 1. The Labute approximate surface area is 100 Å². The number of urea groups is 1. The highest BCUT2D eigenvalue weighted by Crippen LogP contribution is 2.19. The summed E-state index contributed by atoms with van der Waals surface area (Å²) in [4.78, 5) is 26.4. The molecule has 17 heavy (non-hydrogen) atoms. The van der Waals surface area contributed by atoms with E-state index in [1.807, 2.05) is 6.92 Å². The largest absolute Gasteiger partial charge is 0.481 e. The van der Waals surface area contributed by atoms with Crippen LogP contribution in [0.3, 0.4) is 0 Å². The topological polar surface area (TPSA) is 70.1 Å². The van der Waals surface area contributed by atoms with Gasteiger partial charge >= 0.3 is 12.0 Å². The van der Waals surface area contributed by atoms with Gasteiger partial charge in [-0.3, -0.25) is 4.79 Å². The van der Waals surface area contributed by atoms with Crippen molar-refractivity contribution in [1.29, 1.82) is 0 Å². The molecule has 6 heteroatoms. The minimum atomic E-state index is -0.810. The van der Waals surface area contributed by atoms with Gasteiger partial charge in [0.15, 0.2) is 0 Å². The number of hydrogen-bond acceptors (Lipinski definition) is 3. The summed E-state index contributed by atoms with van der Waals surface area (Å²) in [6.07, 6.45) is 0.555. The van der Waals surface area contributed by atoms with Gasteiger partial charge in [0.1, 0.15) is 0 Å². The van der Waals surface area contributed by atoms with Gasteiger partial charge in [0.05, 0.1) is 25.2 Å². The summed E-state index contributed by atoms with van der Waals surface area (Å²) >= 11 is 0. The van der Waals surface area contributed by atoms with Crippen molar-refractivity contribution < 1.29 is 19.4 Å². The van der Waals surface area contributed by atoms with Crippen LogP contribution in [0.25, 0.3) is 0 Å². The molecular formula is C11H18N2O4. The van der Waals surface area contributed by atoms with Gasteiger partial charge in [-0.15, -0.1) is 0 Å². The number of amides is 2. The van der Waals surface area contributed by atoms with E-state index in [1.165, 1.54) is 0 Å². The molecule has 0 spiro atoms. The van der Waals surface area contributed by atoms with Crippen LogP contribution in [0, 0.1) is 5.92 Å². The van der Waals surface area contributed by atoms with Crippen LogP contribution < -0.4 is 0 Å². The number of carbonyl (C=O) groups excluding carboxylic acids is 1. The van der Waals surface area contributed by atoms with E-state index in [1.54, 1.807) is 9.80 Å². The Hall–Kier alpha value is -1.30. The number of likely N-dealkylation sites (tertiary alicyclic amines) is 1. The lowest BCUT2D eigenvalue weighted by molar-refractivity contribution is -0.141. The standard InChI is InChI=1S/C11H18N2O4/c1-8-7-17-5-4-13(8)11(16)12-3-2-9(6-12)10(14)15/h8-9H,2-7H2,1H3,(H,14,15). The normalized spacial score (nSPS) is 29.5. The average Bonchev–Trinajstić information content (AvgIpc) is 2.78. The lowest BCUT2D eigenvalue weighted by Crippen LogP contribution is -2.52. The molecule has 2 heterocycles. The van der Waals surface area contributed by atoms with Gasteiger partial charge in [-0.05, 0) is 13.3 Å². The van der Waals surface area contributed by atoms with Crippen LogP contribution in [0.2, 0.25) is 0 Å². The second kappa shape index (κ2) is 4.91. The maximum atomic E-state index is 12.2. The average molecular weight is 242 g/mol. The third kappa shape index (κ3) is 2.52. The lowest BCUT2D eigenvalue weighted by atomic mass is 10.1. The number of carbonyl (C=O) groups is 2. The number of morpholine rings is 1. The fourth-order valence-corrected chi connectivity index (χ4v) is 2.33. The van der Waals surface area contributed by atoms with Crippen molar-refractivity contribution >= 4 is 12.0 Å². The summed E-state index contributed by atoms with van der Waals surface area (Å²) in [5.41, 5.74) is 0. The first-order valence-corrected chi connectivity index (χ1v) is 5.95. The Morgan fingerprint density at radius 2 is 2.12 bits per heavy atom. The van der Waals surface area contributed by atoms with E-state index in [9.17, 15) is 9.59 Å². The molecule has 1 N–H and O–H groups in total. The molecule has 0 saturated carbocycles. The second-order valence-corrected chi connectivity index (χ2v) is 4.67. The molecule has 0 aromatic carbocycles. The molecule has 0 aliphatic carbocycles. The van der Waals surface area contributed by atoms with E-state index in [0.29, 0.717) is 39.3 Å². The van der Waals surface area contributed by atoms with E-state index in [4.69, 9.17) is 9.84 Å². The first-order chi connectivity index (χ1) is 8.09. The predicted octanol–water partition coefficient (Wildman–Crippen LogP) is 0.234. The molecule has 2 fully saturated rings. The summed E-state index contributed by atoms with van der Waals surface area (Å²) in [6, 6.07) is 0.0182. The zero-order chi connectivity index (χ0) is 12.4. The monoisotopic (exact) mass is 242 g/mol. The van der Waals surface area contributed by atoms with Gasteiger partial charge in [0.2, 0.25) is 0 Å². The summed E-state index contributed by atoms with van der Waals surface area (Å²) in [6.45, 7) is 4.53. The Balaban J connectivity index is 1.94. The van der Waals surface area contributed by atoms with E-state index < -0.39 is 11.9 Å². The van der Waals surface area contributed by atoms with Crippen molar-refractivity contribution in [2.45, 2.75) is 19.4 Å². The number of carboxylic acid groups (broad SMARTS) is 1. The van der Waals surface area contributed by atoms with Crippen molar-refractivity contribution in [2.75, 3.05) is 32.8 Å². The van der Waals surface area contributed by atoms with Crippen LogP contribution in [0.5, 0.6) is 0 Å². The molecule has 2 aliphatic rings. The molecule has 2 rings (SSSR count). The molecule has 0 radical (unpaired) electrons. The van der Waals surface area contributed by atoms with Gasteiger partial charge < -0.3 is 19.6 Å². The molecule has 0 aromatic heterocycles. The highest BCUT2D eigenvalue weighted by molar-refractivity contribution is 5.77. The highest BCUT2D eigenvalue weighted by Gasteiger charge is 2.35. The predicted molar refractivity (Wildman–Crippen MR) is 59.7 cm³/mol. The molecule has 96 valence electrons. The zero-order valence-electron chi connectivity index (χ0n) is 9.96. The molecule has 2 atom stereocenters. The van der Waals surface area contributed by atoms with Crippen molar-refractivity contribution in [3.8, 4) is 0 Å². The number of hydrogen-bond donors (Lipinski definition) is 1. The first-order valence-electron chi connectivity index (χ1n) is 5.95. The Morgan fingerprint density at radius 3 is 2.71 bits per heavy atom. The minimum absolute atomic E-state index is 0.0513. The smallest absolute Gasteiger partial charge is 0.320 e. The summed E-state index contributed by atoms with van der Waals surface area (Å²) in [5.74, 6) is -1.22. The number of rotatable bonds is 1. The van der Waals surface area contributed by atoms with E-state index in [2.05, 4.69) is 0 Å². The van der Waals surface area contributed by atoms with Gasteiger partial charge in [-0.1, -0.05) is 0 Å². The molecule has 2 amide bonds. The summed E-state index contributed by atoms with van der Waals surface area (Å²) in [7, 11) is 0. The minimum Gasteiger partial charge on any atom is -0.481 e. The van der Waals surface area contributed by atoms with Gasteiger partial charge in [0, 0.05) is 19.6 Å². The van der Waals surface area contributed by atoms with Gasteiger partial charge in [-0.25, -0.2) is 4.79 Å². The van der Waals surface area contributed by atoms with Crippen LogP contribution >= 0.6 is 0 Å². The maximum Gasteiger partial charge on any atom is 0.320 e. The zero-order valence-corrected chi connectivity index (χ0v) is 9.96. The van der Waals surface area contributed by atoms with Crippen molar-refractivity contribution in [1.82, 2.24) is 9.80 Å². The molecule has 2 aliphatic heterocycles. The number of ether oxygens (including phenoxy) is 1. The van der Waals surface area contributed by atoms with Crippen LogP contribution in [0.4, 0.5) is 4.79 Å². The molecule has 2 saturated heterocycles. The molecule has 0 aromatic rings. The Bertz CT molecular complexity index is 321.